The summed E-state index contributed by atoms with van der Waals surface area (Å²) in [6.45, 7) is 16.6. The van der Waals surface area contributed by atoms with Crippen LogP contribution in [-0.2, 0) is 19.1 Å². The van der Waals surface area contributed by atoms with Crippen molar-refractivity contribution in [3.05, 3.63) is 64.7 Å². The van der Waals surface area contributed by atoms with E-state index in [9.17, 15) is 19.2 Å². The number of carbonyl (C=O) groups is 4. The van der Waals surface area contributed by atoms with Crippen molar-refractivity contribution < 1.29 is 23.9 Å². The summed E-state index contributed by atoms with van der Waals surface area (Å²) in [6, 6.07) is 10.9. The van der Waals surface area contributed by atoms with Crippen LogP contribution in [0.1, 0.15) is 89.1 Å². The number of aryl methyl sites for hydroxylation is 3. The van der Waals surface area contributed by atoms with Gasteiger partial charge in [-0.25, -0.2) is 4.79 Å². The molecule has 2 aromatic carbocycles. The topological polar surface area (TPSA) is 131 Å². The molecule has 2 unspecified atom stereocenters. The molecule has 0 fully saturated rings. The minimum Gasteiger partial charge on any atom is -0.444 e. The molecule has 0 aliphatic rings. The second kappa shape index (κ2) is 13.7. The quantitative estimate of drug-likeness (QED) is 0.332. The molecule has 2 atom stereocenters. The number of amides is 4. The van der Waals surface area contributed by atoms with Crippen LogP contribution in [0.5, 0.6) is 0 Å². The summed E-state index contributed by atoms with van der Waals surface area (Å²) in [4.78, 5) is 54.7. The molecule has 0 aliphatic carbocycles. The van der Waals surface area contributed by atoms with Crippen LogP contribution < -0.4 is 16.4 Å². The standard InChI is InChI=1S/C32H46N4O5/c1-10-32(8,9)36(29(39)25(17-18-26(33)37)35-30(40)41-31(5,6)7)27(23-16-15-20(2)22(4)19-23)28(38)34-24-14-12-11-13-21(24)3/h11-16,19,25,27H,10,17-18H2,1-9H3,(H2,33,37)(H,34,38)(H,35,40). The summed E-state index contributed by atoms with van der Waals surface area (Å²) in [7, 11) is 0. The van der Waals surface area contributed by atoms with Crippen molar-refractivity contribution in [1.29, 1.82) is 0 Å². The van der Waals surface area contributed by atoms with E-state index < -0.39 is 47.0 Å². The number of nitrogens with one attached hydrogen (secondary N) is 2. The van der Waals surface area contributed by atoms with Gasteiger partial charge in [-0.05, 0) is 96.6 Å². The van der Waals surface area contributed by atoms with Crippen molar-refractivity contribution in [2.24, 2.45) is 5.73 Å². The Bertz CT molecular complexity index is 1260. The highest BCUT2D eigenvalue weighted by atomic mass is 16.6. The summed E-state index contributed by atoms with van der Waals surface area (Å²) in [5.41, 5.74) is 7.93. The number of alkyl carbamates (subject to hydrolysis) is 1. The Hall–Kier alpha value is -3.88. The average molecular weight is 567 g/mol. The molecule has 2 aromatic rings. The van der Waals surface area contributed by atoms with E-state index in [1.54, 1.807) is 20.8 Å². The van der Waals surface area contributed by atoms with Crippen molar-refractivity contribution in [2.45, 2.75) is 105 Å². The van der Waals surface area contributed by atoms with Crippen LogP contribution in [-0.4, -0.2) is 45.9 Å². The lowest BCUT2D eigenvalue weighted by atomic mass is 9.90. The van der Waals surface area contributed by atoms with Crippen LogP contribution >= 0.6 is 0 Å². The Balaban J connectivity index is 2.69. The Morgan fingerprint density at radius 2 is 1.56 bits per heavy atom. The van der Waals surface area contributed by atoms with Crippen molar-refractivity contribution in [3.63, 3.8) is 0 Å². The molecule has 9 heteroatoms. The lowest BCUT2D eigenvalue weighted by Gasteiger charge is -2.44. The van der Waals surface area contributed by atoms with Gasteiger partial charge in [0.05, 0.1) is 0 Å². The summed E-state index contributed by atoms with van der Waals surface area (Å²) in [5, 5.41) is 5.65. The van der Waals surface area contributed by atoms with E-state index >= 15 is 0 Å². The third kappa shape index (κ3) is 9.33. The van der Waals surface area contributed by atoms with Gasteiger partial charge in [0, 0.05) is 17.6 Å². The summed E-state index contributed by atoms with van der Waals surface area (Å²) >= 11 is 0. The van der Waals surface area contributed by atoms with Gasteiger partial charge in [0.2, 0.25) is 11.8 Å². The SMILES string of the molecule is CCC(C)(C)N(C(=O)C(CCC(N)=O)NC(=O)OC(C)(C)C)C(C(=O)Nc1ccccc1C)c1ccc(C)c(C)c1. The second-order valence-corrected chi connectivity index (χ2v) is 12.1. The predicted molar refractivity (Wildman–Crippen MR) is 161 cm³/mol. The number of primary amides is 1. The third-order valence-corrected chi connectivity index (χ3v) is 7.18. The van der Waals surface area contributed by atoms with Gasteiger partial charge in [-0.15, -0.1) is 0 Å². The Kier molecular flexibility index (Phi) is 11.1. The number of carbonyl (C=O) groups excluding carboxylic acids is 4. The molecule has 0 aromatic heterocycles. The number of rotatable bonds is 11. The van der Waals surface area contributed by atoms with E-state index in [1.807, 2.05) is 84.0 Å². The number of anilines is 1. The predicted octanol–water partition coefficient (Wildman–Crippen LogP) is 5.47. The van der Waals surface area contributed by atoms with E-state index in [4.69, 9.17) is 10.5 Å². The molecule has 41 heavy (non-hydrogen) atoms. The van der Waals surface area contributed by atoms with E-state index in [1.165, 1.54) is 4.90 Å². The Morgan fingerprint density at radius 3 is 2.10 bits per heavy atom. The zero-order valence-corrected chi connectivity index (χ0v) is 25.9. The fourth-order valence-electron chi connectivity index (χ4n) is 4.37. The number of hydrogen-bond donors (Lipinski definition) is 3. The van der Waals surface area contributed by atoms with Crippen molar-refractivity contribution in [3.8, 4) is 0 Å². The summed E-state index contributed by atoms with van der Waals surface area (Å²) in [6.07, 6.45) is -0.493. The maximum atomic E-state index is 14.5. The van der Waals surface area contributed by atoms with E-state index in [-0.39, 0.29) is 12.8 Å². The molecule has 0 saturated carbocycles. The van der Waals surface area contributed by atoms with Crippen LogP contribution in [0.3, 0.4) is 0 Å². The van der Waals surface area contributed by atoms with Crippen molar-refractivity contribution >= 4 is 29.5 Å². The number of nitrogens with zero attached hydrogens (tertiary/aromatic N) is 1. The molecule has 0 aliphatic heterocycles. The number of hydrogen-bond acceptors (Lipinski definition) is 5. The fourth-order valence-corrected chi connectivity index (χ4v) is 4.37. The molecule has 224 valence electrons. The van der Waals surface area contributed by atoms with Gasteiger partial charge in [-0.3, -0.25) is 14.4 Å². The van der Waals surface area contributed by atoms with Gasteiger partial charge in [-0.2, -0.15) is 0 Å². The molecule has 4 N–H and O–H groups in total. The molecule has 0 radical (unpaired) electrons. The smallest absolute Gasteiger partial charge is 0.408 e. The van der Waals surface area contributed by atoms with Crippen molar-refractivity contribution in [1.82, 2.24) is 10.2 Å². The zero-order valence-electron chi connectivity index (χ0n) is 25.9. The van der Waals surface area contributed by atoms with Crippen LogP contribution in [0.2, 0.25) is 0 Å². The van der Waals surface area contributed by atoms with Crippen LogP contribution in [0.15, 0.2) is 42.5 Å². The second-order valence-electron chi connectivity index (χ2n) is 12.1. The number of benzene rings is 2. The monoisotopic (exact) mass is 566 g/mol. The minimum atomic E-state index is -1.16. The molecule has 4 amide bonds. The zero-order chi connectivity index (χ0) is 31.1. The molecule has 9 nitrogen and oxygen atoms in total. The number of ether oxygens (including phenoxy) is 1. The van der Waals surface area contributed by atoms with Gasteiger partial charge in [0.25, 0.3) is 5.91 Å². The minimum absolute atomic E-state index is 0.0528. The highest BCUT2D eigenvalue weighted by Crippen LogP contribution is 2.34. The van der Waals surface area contributed by atoms with E-state index in [2.05, 4.69) is 10.6 Å². The summed E-state index contributed by atoms with van der Waals surface area (Å²) < 4.78 is 5.41. The van der Waals surface area contributed by atoms with Gasteiger partial charge in [0.15, 0.2) is 0 Å². The first-order valence-corrected chi connectivity index (χ1v) is 14.0. The van der Waals surface area contributed by atoms with Gasteiger partial charge < -0.3 is 26.0 Å². The number of para-hydroxylation sites is 1. The Labute approximate surface area is 244 Å². The molecule has 0 heterocycles. The average Bonchev–Trinajstić information content (AvgIpc) is 2.86. The molecule has 2 rings (SSSR count). The van der Waals surface area contributed by atoms with Gasteiger partial charge in [-0.1, -0.05) is 43.3 Å². The Morgan fingerprint density at radius 1 is 0.927 bits per heavy atom. The fraction of sp³-hybridized carbons (Fsp3) is 0.500. The van der Waals surface area contributed by atoms with Gasteiger partial charge in [0.1, 0.15) is 17.7 Å². The maximum Gasteiger partial charge on any atom is 0.408 e. The van der Waals surface area contributed by atoms with Gasteiger partial charge >= 0.3 is 6.09 Å². The molecule has 0 bridgehead atoms. The largest absolute Gasteiger partial charge is 0.444 e. The van der Waals surface area contributed by atoms with Crippen molar-refractivity contribution in [2.75, 3.05) is 5.32 Å². The first kappa shape index (κ1) is 33.3. The molecule has 0 saturated heterocycles. The highest BCUT2D eigenvalue weighted by Gasteiger charge is 2.43. The lowest BCUT2D eigenvalue weighted by molar-refractivity contribution is -0.148. The van der Waals surface area contributed by atoms with Crippen LogP contribution in [0.4, 0.5) is 10.5 Å². The first-order valence-electron chi connectivity index (χ1n) is 14.0. The van der Waals surface area contributed by atoms with Crippen LogP contribution in [0.25, 0.3) is 0 Å². The highest BCUT2D eigenvalue weighted by molar-refractivity contribution is 5.99. The normalized spacial score (nSPS) is 13.1. The maximum absolute atomic E-state index is 14.5. The molecule has 0 spiro atoms. The van der Waals surface area contributed by atoms with E-state index in [0.717, 1.165) is 16.7 Å². The third-order valence-electron chi connectivity index (χ3n) is 7.18. The van der Waals surface area contributed by atoms with Crippen LogP contribution in [0, 0.1) is 20.8 Å². The first-order chi connectivity index (χ1) is 19.0. The molecular formula is C32H46N4O5. The van der Waals surface area contributed by atoms with E-state index in [0.29, 0.717) is 17.7 Å². The number of nitrogens with two attached hydrogens (primary N) is 1. The lowest BCUT2D eigenvalue weighted by Crippen LogP contribution is -2.59. The summed E-state index contributed by atoms with van der Waals surface area (Å²) in [5.74, 6) is -1.53. The molecular weight excluding hydrogens is 520 g/mol.